The first-order chi connectivity index (χ1) is 11.2. The van der Waals surface area contributed by atoms with Crippen molar-refractivity contribution in [3.63, 3.8) is 0 Å². The fourth-order valence-electron chi connectivity index (χ4n) is 3.30. The zero-order chi connectivity index (χ0) is 15.8. The highest BCUT2D eigenvalue weighted by Gasteiger charge is 2.31. The molecule has 1 saturated heterocycles. The first-order valence-electron chi connectivity index (χ1n) is 7.78. The Hall–Kier alpha value is -2.20. The van der Waals surface area contributed by atoms with Crippen molar-refractivity contribution >= 4 is 27.3 Å². The Bertz CT molecular complexity index is 858. The van der Waals surface area contributed by atoms with Crippen LogP contribution >= 0.6 is 11.3 Å². The fourth-order valence-corrected chi connectivity index (χ4v) is 4.34. The quantitative estimate of drug-likeness (QED) is 0.648. The molecule has 1 aliphatic rings. The molecule has 0 spiro atoms. The molecule has 1 aromatic heterocycles. The second-order valence-electron chi connectivity index (χ2n) is 5.83. The normalized spacial score (nSPS) is 17.8. The summed E-state index contributed by atoms with van der Waals surface area (Å²) in [5.74, 6) is -0.254. The van der Waals surface area contributed by atoms with Crippen molar-refractivity contribution in [2.45, 2.75) is 18.9 Å². The highest BCUT2D eigenvalue weighted by Crippen LogP contribution is 2.35. The second-order valence-corrected chi connectivity index (χ2v) is 6.91. The third kappa shape index (κ3) is 2.53. The number of carbonyl (C=O) groups is 1. The number of fused-ring (bicyclic) bond motifs is 1. The van der Waals surface area contributed by atoms with E-state index in [0.717, 1.165) is 24.1 Å². The number of hydrogen-bond donors (Lipinski definition) is 0. The van der Waals surface area contributed by atoms with Gasteiger partial charge in [-0.2, -0.15) is 0 Å². The van der Waals surface area contributed by atoms with Crippen LogP contribution in [0.1, 0.15) is 34.1 Å². The lowest BCUT2D eigenvalue weighted by Crippen LogP contribution is -2.29. The Labute approximate surface area is 138 Å². The fraction of sp³-hybridized carbons (Fsp3) is 0.211. The number of hydrogen-bond acceptors (Lipinski definition) is 2. The van der Waals surface area contributed by atoms with Crippen LogP contribution in [0.15, 0.2) is 54.6 Å². The van der Waals surface area contributed by atoms with Crippen LogP contribution in [0.3, 0.4) is 0 Å². The van der Waals surface area contributed by atoms with Crippen molar-refractivity contribution in [1.29, 1.82) is 0 Å². The maximum absolute atomic E-state index is 13.9. The molecular weight excluding hydrogens is 309 g/mol. The van der Waals surface area contributed by atoms with E-state index < -0.39 is 0 Å². The number of likely N-dealkylation sites (tertiary alicyclic amines) is 1. The van der Waals surface area contributed by atoms with Gasteiger partial charge in [0.15, 0.2) is 0 Å². The Kier molecular flexibility index (Phi) is 3.62. The molecule has 4 heteroatoms. The van der Waals surface area contributed by atoms with E-state index >= 15 is 0 Å². The Balaban J connectivity index is 1.68. The summed E-state index contributed by atoms with van der Waals surface area (Å²) in [7, 11) is 0. The standard InChI is InChI=1S/C19H16FNOS/c20-15-8-4-10-17-14(15)12-18(23-17)19(22)21-11-5-9-16(21)13-6-2-1-3-7-13/h1-4,6-8,10,12,16H,5,9,11H2. The molecule has 2 nitrogen and oxygen atoms in total. The van der Waals surface area contributed by atoms with Crippen LogP contribution in [-0.2, 0) is 0 Å². The van der Waals surface area contributed by atoms with Crippen LogP contribution in [-0.4, -0.2) is 17.4 Å². The number of benzene rings is 2. The Morgan fingerprint density at radius 2 is 1.96 bits per heavy atom. The third-order valence-electron chi connectivity index (χ3n) is 4.42. The van der Waals surface area contributed by atoms with Crippen molar-refractivity contribution in [3.05, 3.63) is 70.9 Å². The van der Waals surface area contributed by atoms with E-state index in [1.54, 1.807) is 12.1 Å². The number of nitrogens with zero attached hydrogens (tertiary/aromatic N) is 1. The summed E-state index contributed by atoms with van der Waals surface area (Å²) >= 11 is 1.37. The molecule has 0 bridgehead atoms. The Morgan fingerprint density at radius 3 is 2.74 bits per heavy atom. The molecule has 1 atom stereocenters. The smallest absolute Gasteiger partial charge is 0.264 e. The maximum atomic E-state index is 13.9. The van der Waals surface area contributed by atoms with E-state index in [1.165, 1.54) is 23.0 Å². The van der Waals surface area contributed by atoms with Gasteiger partial charge in [0, 0.05) is 16.6 Å². The lowest BCUT2D eigenvalue weighted by Gasteiger charge is -2.24. The van der Waals surface area contributed by atoms with E-state index in [-0.39, 0.29) is 17.8 Å². The van der Waals surface area contributed by atoms with E-state index in [0.29, 0.717) is 10.3 Å². The van der Waals surface area contributed by atoms with Crippen molar-refractivity contribution in [2.75, 3.05) is 6.54 Å². The largest absolute Gasteiger partial charge is 0.331 e. The van der Waals surface area contributed by atoms with E-state index in [9.17, 15) is 9.18 Å². The average molecular weight is 325 g/mol. The topological polar surface area (TPSA) is 20.3 Å². The number of halogens is 1. The van der Waals surface area contributed by atoms with Gasteiger partial charge >= 0.3 is 0 Å². The summed E-state index contributed by atoms with van der Waals surface area (Å²) < 4.78 is 14.7. The molecule has 2 heterocycles. The number of rotatable bonds is 2. The summed E-state index contributed by atoms with van der Waals surface area (Å²) in [4.78, 5) is 15.5. The molecule has 0 radical (unpaired) electrons. The highest BCUT2D eigenvalue weighted by atomic mass is 32.1. The molecule has 0 saturated carbocycles. The molecular formula is C19H16FNOS. The molecule has 0 aliphatic carbocycles. The molecule has 1 fully saturated rings. The molecule has 1 unspecified atom stereocenters. The minimum absolute atomic E-state index is 0.0111. The van der Waals surface area contributed by atoms with E-state index in [1.807, 2.05) is 29.2 Å². The zero-order valence-electron chi connectivity index (χ0n) is 12.5. The average Bonchev–Trinajstić information content (AvgIpc) is 3.23. The molecule has 23 heavy (non-hydrogen) atoms. The number of amides is 1. The second kappa shape index (κ2) is 5.78. The maximum Gasteiger partial charge on any atom is 0.264 e. The van der Waals surface area contributed by atoms with Gasteiger partial charge in [-0.1, -0.05) is 36.4 Å². The summed E-state index contributed by atoms with van der Waals surface area (Å²) in [5.41, 5.74) is 1.17. The molecule has 2 aromatic carbocycles. The van der Waals surface area contributed by atoms with Gasteiger partial charge in [0.05, 0.1) is 10.9 Å². The minimum atomic E-state index is -0.265. The monoisotopic (exact) mass is 325 g/mol. The first-order valence-corrected chi connectivity index (χ1v) is 8.59. The summed E-state index contributed by atoms with van der Waals surface area (Å²) in [6.07, 6.45) is 1.99. The minimum Gasteiger partial charge on any atom is -0.331 e. The SMILES string of the molecule is O=C(c1cc2c(F)cccc2s1)N1CCCC1c1ccccc1. The van der Waals surface area contributed by atoms with Crippen LogP contribution in [0, 0.1) is 5.82 Å². The van der Waals surface area contributed by atoms with Crippen molar-refractivity contribution < 1.29 is 9.18 Å². The van der Waals surface area contributed by atoms with Crippen molar-refractivity contribution in [2.24, 2.45) is 0 Å². The number of thiophene rings is 1. The predicted molar refractivity (Wildman–Crippen MR) is 91.2 cm³/mol. The Morgan fingerprint density at radius 1 is 1.13 bits per heavy atom. The van der Waals surface area contributed by atoms with Gasteiger partial charge in [-0.25, -0.2) is 4.39 Å². The van der Waals surface area contributed by atoms with Crippen LogP contribution in [0.5, 0.6) is 0 Å². The van der Waals surface area contributed by atoms with E-state index in [2.05, 4.69) is 12.1 Å². The van der Waals surface area contributed by atoms with Gasteiger partial charge < -0.3 is 4.90 Å². The molecule has 1 aliphatic heterocycles. The predicted octanol–water partition coefficient (Wildman–Crippen LogP) is 5.02. The lowest BCUT2D eigenvalue weighted by molar-refractivity contribution is 0.0740. The van der Waals surface area contributed by atoms with Gasteiger partial charge in [-0.15, -0.1) is 11.3 Å². The third-order valence-corrected chi connectivity index (χ3v) is 5.51. The first kappa shape index (κ1) is 14.4. The van der Waals surface area contributed by atoms with Gasteiger partial charge in [0.2, 0.25) is 0 Å². The highest BCUT2D eigenvalue weighted by molar-refractivity contribution is 7.20. The molecule has 3 aromatic rings. The molecule has 0 N–H and O–H groups in total. The van der Waals surface area contributed by atoms with Crippen molar-refractivity contribution in [3.8, 4) is 0 Å². The summed E-state index contributed by atoms with van der Waals surface area (Å²) in [6, 6.07) is 16.9. The van der Waals surface area contributed by atoms with Crippen LogP contribution < -0.4 is 0 Å². The molecule has 1 amide bonds. The van der Waals surface area contributed by atoms with Crippen molar-refractivity contribution in [1.82, 2.24) is 4.90 Å². The van der Waals surface area contributed by atoms with Gasteiger partial charge in [-0.05, 0) is 36.6 Å². The van der Waals surface area contributed by atoms with Gasteiger partial charge in [0.1, 0.15) is 5.82 Å². The van der Waals surface area contributed by atoms with Crippen LogP contribution in [0.4, 0.5) is 4.39 Å². The summed E-state index contributed by atoms with van der Waals surface area (Å²) in [6.45, 7) is 0.759. The zero-order valence-corrected chi connectivity index (χ0v) is 13.4. The van der Waals surface area contributed by atoms with Crippen LogP contribution in [0.2, 0.25) is 0 Å². The summed E-state index contributed by atoms with van der Waals surface area (Å²) in [5, 5.41) is 0.538. The van der Waals surface area contributed by atoms with Gasteiger partial charge in [-0.3, -0.25) is 4.79 Å². The van der Waals surface area contributed by atoms with E-state index in [4.69, 9.17) is 0 Å². The van der Waals surface area contributed by atoms with Gasteiger partial charge in [0.25, 0.3) is 5.91 Å². The number of carbonyl (C=O) groups excluding carboxylic acids is 1. The lowest BCUT2D eigenvalue weighted by atomic mass is 10.0. The molecule has 116 valence electrons. The van der Waals surface area contributed by atoms with Crippen LogP contribution in [0.25, 0.3) is 10.1 Å². The molecule has 4 rings (SSSR count).